The highest BCUT2D eigenvalue weighted by Gasteiger charge is 2.46. The maximum atomic E-state index is 12.8. The highest BCUT2D eigenvalue weighted by atomic mass is 32.1. The first kappa shape index (κ1) is 14.0. The van der Waals surface area contributed by atoms with Gasteiger partial charge < -0.3 is 15.3 Å². The highest BCUT2D eigenvalue weighted by molar-refractivity contribution is 7.10. The lowest BCUT2D eigenvalue weighted by Gasteiger charge is -2.35. The zero-order chi connectivity index (χ0) is 16.2. The minimum Gasteiger partial charge on any atom is -0.507 e. The molecule has 1 aromatic heterocycles. The van der Waals surface area contributed by atoms with Gasteiger partial charge in [-0.1, -0.05) is 30.3 Å². The number of benzene rings is 2. The molecule has 2 aromatic carbocycles. The van der Waals surface area contributed by atoms with Gasteiger partial charge in [-0.3, -0.25) is 4.79 Å². The Balaban J connectivity index is 2.18. The van der Waals surface area contributed by atoms with Crippen LogP contribution in [0, 0.1) is 0 Å². The molecule has 0 aliphatic heterocycles. The van der Waals surface area contributed by atoms with Crippen molar-refractivity contribution in [3.63, 3.8) is 0 Å². The first-order chi connectivity index (χ1) is 11.0. The van der Waals surface area contributed by atoms with E-state index in [9.17, 15) is 20.1 Å². The van der Waals surface area contributed by atoms with Gasteiger partial charge in [0.05, 0.1) is 11.1 Å². The predicted octanol–water partition coefficient (Wildman–Crippen LogP) is 2.99. The van der Waals surface area contributed by atoms with Crippen molar-refractivity contribution in [3.05, 3.63) is 81.0 Å². The quantitative estimate of drug-likeness (QED) is 0.643. The Morgan fingerprint density at radius 2 is 1.39 bits per heavy atom. The summed E-state index contributed by atoms with van der Waals surface area (Å²) in [5.74, 6) is -0.916. The van der Waals surface area contributed by atoms with E-state index in [4.69, 9.17) is 0 Å². The summed E-state index contributed by atoms with van der Waals surface area (Å²) in [7, 11) is 0. The average Bonchev–Trinajstić information content (AvgIpc) is 3.07. The van der Waals surface area contributed by atoms with E-state index in [1.54, 1.807) is 36.4 Å². The summed E-state index contributed by atoms with van der Waals surface area (Å²) >= 11 is 1.34. The van der Waals surface area contributed by atoms with Gasteiger partial charge in [-0.2, -0.15) is 0 Å². The van der Waals surface area contributed by atoms with E-state index in [0.717, 1.165) is 0 Å². The number of carbonyl (C=O) groups excluding carboxylic acids is 1. The number of ketones is 1. The third kappa shape index (κ3) is 1.72. The second-order valence-corrected chi connectivity index (χ2v) is 6.36. The van der Waals surface area contributed by atoms with Gasteiger partial charge >= 0.3 is 0 Å². The molecule has 0 amide bonds. The number of rotatable bonds is 1. The first-order valence-corrected chi connectivity index (χ1v) is 7.89. The van der Waals surface area contributed by atoms with Gasteiger partial charge in [0.25, 0.3) is 0 Å². The van der Waals surface area contributed by atoms with Crippen LogP contribution < -0.4 is 0 Å². The standard InChI is InChI=1S/C18H12O4S/c19-12-6-1-4-10-15(12)17(21)16-11(5-2-7-13(16)20)18(10,22)14-8-3-9-23-14/h1-9,19-20,22H. The molecule has 0 radical (unpaired) electrons. The van der Waals surface area contributed by atoms with E-state index in [1.807, 2.05) is 5.38 Å². The van der Waals surface area contributed by atoms with Gasteiger partial charge in [-0.15, -0.1) is 11.3 Å². The topological polar surface area (TPSA) is 77.8 Å². The van der Waals surface area contributed by atoms with Crippen molar-refractivity contribution in [1.29, 1.82) is 0 Å². The summed E-state index contributed by atoms with van der Waals surface area (Å²) in [6.45, 7) is 0. The van der Waals surface area contributed by atoms with Crippen LogP contribution in [0.2, 0.25) is 0 Å². The van der Waals surface area contributed by atoms with Gasteiger partial charge in [0, 0.05) is 16.0 Å². The molecular formula is C18H12O4S. The van der Waals surface area contributed by atoms with Gasteiger partial charge in [0.1, 0.15) is 11.5 Å². The molecule has 4 nitrogen and oxygen atoms in total. The monoisotopic (exact) mass is 324 g/mol. The van der Waals surface area contributed by atoms with E-state index in [-0.39, 0.29) is 22.6 Å². The lowest BCUT2D eigenvalue weighted by molar-refractivity contribution is 0.0948. The van der Waals surface area contributed by atoms with Crippen LogP contribution in [0.3, 0.4) is 0 Å². The van der Waals surface area contributed by atoms with Gasteiger partial charge in [0.15, 0.2) is 5.60 Å². The molecule has 0 atom stereocenters. The normalized spacial score (nSPS) is 15.1. The van der Waals surface area contributed by atoms with Crippen LogP contribution in [0.1, 0.15) is 31.9 Å². The maximum absolute atomic E-state index is 12.8. The van der Waals surface area contributed by atoms with Gasteiger partial charge in [0.2, 0.25) is 5.78 Å². The molecule has 3 N–H and O–H groups in total. The second-order valence-electron chi connectivity index (χ2n) is 5.42. The fraction of sp³-hybridized carbons (Fsp3) is 0.0556. The van der Waals surface area contributed by atoms with Crippen molar-refractivity contribution in [3.8, 4) is 11.5 Å². The average molecular weight is 324 g/mol. The van der Waals surface area contributed by atoms with Crippen LogP contribution in [0.25, 0.3) is 0 Å². The molecule has 1 aliphatic carbocycles. The van der Waals surface area contributed by atoms with E-state index < -0.39 is 11.4 Å². The van der Waals surface area contributed by atoms with E-state index in [0.29, 0.717) is 16.0 Å². The number of thiophene rings is 1. The SMILES string of the molecule is O=C1c2c(O)cccc2C(O)(c2cccs2)c2cccc(O)c21. The molecule has 0 bridgehead atoms. The summed E-state index contributed by atoms with van der Waals surface area (Å²) in [4.78, 5) is 13.4. The molecule has 4 rings (SSSR count). The predicted molar refractivity (Wildman–Crippen MR) is 86.1 cm³/mol. The lowest BCUT2D eigenvalue weighted by Crippen LogP contribution is -2.36. The van der Waals surface area contributed by atoms with Crippen molar-refractivity contribution >= 4 is 17.1 Å². The number of hydrogen-bond acceptors (Lipinski definition) is 5. The number of fused-ring (bicyclic) bond motifs is 2. The summed E-state index contributed by atoms with van der Waals surface area (Å²) < 4.78 is 0. The van der Waals surface area contributed by atoms with Gasteiger partial charge in [-0.05, 0) is 23.6 Å². The van der Waals surface area contributed by atoms with Crippen LogP contribution in [0.5, 0.6) is 11.5 Å². The van der Waals surface area contributed by atoms with Crippen molar-refractivity contribution in [2.75, 3.05) is 0 Å². The van der Waals surface area contributed by atoms with Crippen LogP contribution in [-0.2, 0) is 5.60 Å². The first-order valence-electron chi connectivity index (χ1n) is 7.01. The molecule has 5 heteroatoms. The minimum absolute atomic E-state index is 0.0254. The molecule has 0 fully saturated rings. The summed E-state index contributed by atoms with van der Waals surface area (Å²) in [5.41, 5.74) is -0.898. The van der Waals surface area contributed by atoms with Crippen LogP contribution in [0.4, 0.5) is 0 Å². The number of phenolic OH excluding ortho intramolecular Hbond substituents is 2. The highest BCUT2D eigenvalue weighted by Crippen LogP contribution is 2.49. The fourth-order valence-corrected chi connectivity index (χ4v) is 4.03. The lowest BCUT2D eigenvalue weighted by atomic mass is 9.73. The number of aromatic hydroxyl groups is 2. The molecule has 1 aliphatic rings. The third-order valence-corrected chi connectivity index (χ3v) is 5.18. The molecule has 0 unspecified atom stereocenters. The van der Waals surface area contributed by atoms with Crippen LogP contribution >= 0.6 is 11.3 Å². The van der Waals surface area contributed by atoms with Gasteiger partial charge in [-0.25, -0.2) is 0 Å². The molecule has 23 heavy (non-hydrogen) atoms. The smallest absolute Gasteiger partial charge is 0.201 e. The van der Waals surface area contributed by atoms with Crippen molar-refractivity contribution in [1.82, 2.24) is 0 Å². The molecule has 3 aromatic rings. The maximum Gasteiger partial charge on any atom is 0.201 e. The Bertz CT molecular complexity index is 873. The molecule has 0 saturated carbocycles. The zero-order valence-electron chi connectivity index (χ0n) is 11.9. The number of aliphatic hydroxyl groups is 1. The molecule has 0 spiro atoms. The Labute approximate surface area is 135 Å². The number of hydrogen-bond donors (Lipinski definition) is 3. The number of phenols is 2. The largest absolute Gasteiger partial charge is 0.507 e. The molecule has 0 saturated heterocycles. The number of carbonyl (C=O) groups is 1. The Morgan fingerprint density at radius 3 is 1.87 bits per heavy atom. The third-order valence-electron chi connectivity index (χ3n) is 4.20. The van der Waals surface area contributed by atoms with Crippen LogP contribution in [-0.4, -0.2) is 21.1 Å². The summed E-state index contributed by atoms with van der Waals surface area (Å²) in [6.07, 6.45) is 0. The summed E-state index contributed by atoms with van der Waals surface area (Å²) in [5, 5.41) is 33.7. The fourth-order valence-electron chi connectivity index (χ4n) is 3.18. The molecular weight excluding hydrogens is 312 g/mol. The second kappa shape index (κ2) is 4.68. The van der Waals surface area contributed by atoms with Crippen molar-refractivity contribution in [2.24, 2.45) is 0 Å². The van der Waals surface area contributed by atoms with Crippen molar-refractivity contribution in [2.45, 2.75) is 5.60 Å². The Hall–Kier alpha value is -2.63. The minimum atomic E-state index is -1.59. The molecule has 114 valence electrons. The van der Waals surface area contributed by atoms with Crippen LogP contribution in [0.15, 0.2) is 53.9 Å². The zero-order valence-corrected chi connectivity index (χ0v) is 12.7. The van der Waals surface area contributed by atoms with E-state index in [1.165, 1.54) is 23.5 Å². The van der Waals surface area contributed by atoms with E-state index in [2.05, 4.69) is 0 Å². The Kier molecular flexibility index (Phi) is 2.85. The molecule has 1 heterocycles. The van der Waals surface area contributed by atoms with Crippen molar-refractivity contribution < 1.29 is 20.1 Å². The summed E-state index contributed by atoms with van der Waals surface area (Å²) in [6, 6.07) is 12.8. The van der Waals surface area contributed by atoms with E-state index >= 15 is 0 Å². The Morgan fingerprint density at radius 1 is 0.826 bits per heavy atom.